The molecule has 0 heterocycles. The summed E-state index contributed by atoms with van der Waals surface area (Å²) in [5, 5.41) is 3.19. The van der Waals surface area contributed by atoms with Crippen LogP contribution in [0.2, 0.25) is 0 Å². The van der Waals surface area contributed by atoms with Gasteiger partial charge in [0.15, 0.2) is 0 Å². The molecule has 1 heteroatoms. The highest BCUT2D eigenvalue weighted by molar-refractivity contribution is 5.04. The van der Waals surface area contributed by atoms with Gasteiger partial charge in [-0.15, -0.1) is 6.58 Å². The summed E-state index contributed by atoms with van der Waals surface area (Å²) in [4.78, 5) is 0. The molecule has 1 unspecified atom stereocenters. The zero-order chi connectivity index (χ0) is 9.61. The minimum Gasteiger partial charge on any atom is -0.317 e. The summed E-state index contributed by atoms with van der Waals surface area (Å²) < 4.78 is 0. The summed E-state index contributed by atoms with van der Waals surface area (Å²) >= 11 is 0. The standard InChI is InChI=1S/C11H21N/c1-6-11(3,4)9-7-8-10(2)12-5/h6-7,9-10,12H,1,8H2,2-5H3/b9-7+. The van der Waals surface area contributed by atoms with E-state index in [-0.39, 0.29) is 5.41 Å². The van der Waals surface area contributed by atoms with Crippen LogP contribution >= 0.6 is 0 Å². The van der Waals surface area contributed by atoms with E-state index < -0.39 is 0 Å². The molecular weight excluding hydrogens is 146 g/mol. The van der Waals surface area contributed by atoms with E-state index >= 15 is 0 Å². The molecule has 12 heavy (non-hydrogen) atoms. The van der Waals surface area contributed by atoms with E-state index in [0.29, 0.717) is 6.04 Å². The van der Waals surface area contributed by atoms with Crippen LogP contribution in [0.15, 0.2) is 24.8 Å². The third kappa shape index (κ3) is 5.14. The second-order valence-corrected chi connectivity index (χ2v) is 3.85. The van der Waals surface area contributed by atoms with Gasteiger partial charge in [0.2, 0.25) is 0 Å². The number of allylic oxidation sites excluding steroid dienone is 2. The maximum Gasteiger partial charge on any atom is 0.00702 e. The van der Waals surface area contributed by atoms with Gasteiger partial charge in [-0.1, -0.05) is 32.1 Å². The van der Waals surface area contributed by atoms with E-state index in [0.717, 1.165) is 6.42 Å². The van der Waals surface area contributed by atoms with Gasteiger partial charge < -0.3 is 5.32 Å². The molecule has 0 rings (SSSR count). The quantitative estimate of drug-likeness (QED) is 0.621. The average molecular weight is 167 g/mol. The molecule has 0 aliphatic heterocycles. The van der Waals surface area contributed by atoms with E-state index in [2.05, 4.69) is 44.8 Å². The van der Waals surface area contributed by atoms with Crippen LogP contribution in [0.1, 0.15) is 27.2 Å². The maximum absolute atomic E-state index is 3.78. The number of hydrogen-bond acceptors (Lipinski definition) is 1. The van der Waals surface area contributed by atoms with Crippen LogP contribution in [0.25, 0.3) is 0 Å². The summed E-state index contributed by atoms with van der Waals surface area (Å²) in [6.45, 7) is 10.3. The zero-order valence-corrected chi connectivity index (χ0v) is 8.72. The highest BCUT2D eigenvalue weighted by Crippen LogP contribution is 2.17. The van der Waals surface area contributed by atoms with Crippen molar-refractivity contribution in [2.75, 3.05) is 7.05 Å². The predicted molar refractivity (Wildman–Crippen MR) is 56.3 cm³/mol. The number of hydrogen-bond donors (Lipinski definition) is 1. The summed E-state index contributed by atoms with van der Waals surface area (Å²) in [5.41, 5.74) is 0.132. The highest BCUT2D eigenvalue weighted by Gasteiger charge is 2.06. The van der Waals surface area contributed by atoms with Crippen LogP contribution in [-0.2, 0) is 0 Å². The summed E-state index contributed by atoms with van der Waals surface area (Å²) in [6.07, 6.45) is 7.46. The van der Waals surface area contributed by atoms with Gasteiger partial charge in [-0.3, -0.25) is 0 Å². The first-order valence-corrected chi connectivity index (χ1v) is 4.50. The normalized spacial score (nSPS) is 15.0. The predicted octanol–water partition coefficient (Wildman–Crippen LogP) is 2.75. The first-order chi connectivity index (χ1) is 5.52. The second-order valence-electron chi connectivity index (χ2n) is 3.85. The van der Waals surface area contributed by atoms with Crippen molar-refractivity contribution in [1.82, 2.24) is 5.32 Å². The Labute approximate surface area is 76.6 Å². The van der Waals surface area contributed by atoms with Gasteiger partial charge in [0.25, 0.3) is 0 Å². The van der Waals surface area contributed by atoms with Crippen LogP contribution in [-0.4, -0.2) is 13.1 Å². The minimum absolute atomic E-state index is 0.132. The molecule has 0 aliphatic carbocycles. The lowest BCUT2D eigenvalue weighted by atomic mass is 9.93. The molecule has 0 fully saturated rings. The zero-order valence-electron chi connectivity index (χ0n) is 8.72. The van der Waals surface area contributed by atoms with Crippen LogP contribution < -0.4 is 5.32 Å². The molecule has 0 bridgehead atoms. The van der Waals surface area contributed by atoms with Crippen molar-refractivity contribution >= 4 is 0 Å². The first kappa shape index (κ1) is 11.4. The van der Waals surface area contributed by atoms with E-state index in [1.54, 1.807) is 0 Å². The lowest BCUT2D eigenvalue weighted by molar-refractivity contribution is 0.598. The van der Waals surface area contributed by atoms with Crippen LogP contribution in [0.5, 0.6) is 0 Å². The fourth-order valence-electron chi connectivity index (χ4n) is 0.762. The lowest BCUT2D eigenvalue weighted by Crippen LogP contribution is -2.20. The van der Waals surface area contributed by atoms with Crippen LogP contribution in [0.4, 0.5) is 0 Å². The highest BCUT2D eigenvalue weighted by atomic mass is 14.8. The molecule has 1 nitrogen and oxygen atoms in total. The van der Waals surface area contributed by atoms with E-state index in [1.165, 1.54) is 0 Å². The fraction of sp³-hybridized carbons (Fsp3) is 0.636. The average Bonchev–Trinajstić information content (AvgIpc) is 2.04. The lowest BCUT2D eigenvalue weighted by Gasteiger charge is -2.14. The molecule has 0 saturated heterocycles. The Bertz CT molecular complexity index is 156. The van der Waals surface area contributed by atoms with E-state index in [9.17, 15) is 0 Å². The van der Waals surface area contributed by atoms with Gasteiger partial charge in [-0.2, -0.15) is 0 Å². The Balaban J connectivity index is 3.83. The van der Waals surface area contributed by atoms with Crippen molar-refractivity contribution in [2.24, 2.45) is 5.41 Å². The SMILES string of the molecule is C=CC(C)(C)/C=C/CC(C)NC. The summed E-state index contributed by atoms with van der Waals surface area (Å²) in [5.74, 6) is 0. The van der Waals surface area contributed by atoms with Crippen molar-refractivity contribution in [3.05, 3.63) is 24.8 Å². The molecule has 0 radical (unpaired) electrons. The van der Waals surface area contributed by atoms with Crippen LogP contribution in [0, 0.1) is 5.41 Å². The molecule has 0 aromatic heterocycles. The van der Waals surface area contributed by atoms with Gasteiger partial charge in [0.1, 0.15) is 0 Å². The van der Waals surface area contributed by atoms with Crippen molar-refractivity contribution in [3.8, 4) is 0 Å². The van der Waals surface area contributed by atoms with Gasteiger partial charge >= 0.3 is 0 Å². The summed E-state index contributed by atoms with van der Waals surface area (Å²) in [6, 6.07) is 0.557. The maximum atomic E-state index is 3.78. The van der Waals surface area contributed by atoms with Gasteiger partial charge in [0, 0.05) is 11.5 Å². The molecule has 1 N–H and O–H groups in total. The topological polar surface area (TPSA) is 12.0 Å². The van der Waals surface area contributed by atoms with E-state index in [1.807, 2.05) is 13.1 Å². The van der Waals surface area contributed by atoms with Crippen molar-refractivity contribution in [2.45, 2.75) is 33.2 Å². The molecule has 0 aromatic rings. The third-order valence-electron chi connectivity index (χ3n) is 2.06. The Kier molecular flexibility index (Phi) is 4.91. The molecule has 70 valence electrons. The minimum atomic E-state index is 0.132. The van der Waals surface area contributed by atoms with Gasteiger partial charge in [-0.25, -0.2) is 0 Å². The monoisotopic (exact) mass is 167 g/mol. The molecular formula is C11H21N. The van der Waals surface area contributed by atoms with Crippen LogP contribution in [0.3, 0.4) is 0 Å². The smallest absolute Gasteiger partial charge is 0.00702 e. The first-order valence-electron chi connectivity index (χ1n) is 4.50. The number of rotatable bonds is 5. The Morgan fingerprint density at radius 2 is 2.08 bits per heavy atom. The third-order valence-corrected chi connectivity index (χ3v) is 2.06. The Hall–Kier alpha value is -0.560. The second kappa shape index (κ2) is 5.15. The Morgan fingerprint density at radius 1 is 1.50 bits per heavy atom. The van der Waals surface area contributed by atoms with E-state index in [4.69, 9.17) is 0 Å². The molecule has 0 saturated carbocycles. The molecule has 0 spiro atoms. The summed E-state index contributed by atoms with van der Waals surface area (Å²) in [7, 11) is 1.98. The molecule has 0 aromatic carbocycles. The fourth-order valence-corrected chi connectivity index (χ4v) is 0.762. The largest absolute Gasteiger partial charge is 0.317 e. The van der Waals surface area contributed by atoms with Gasteiger partial charge in [0.05, 0.1) is 0 Å². The Morgan fingerprint density at radius 3 is 2.50 bits per heavy atom. The molecule has 1 atom stereocenters. The van der Waals surface area contributed by atoms with Crippen molar-refractivity contribution < 1.29 is 0 Å². The van der Waals surface area contributed by atoms with Crippen molar-refractivity contribution in [1.29, 1.82) is 0 Å². The molecule has 0 amide bonds. The molecule has 0 aliphatic rings. The number of nitrogens with one attached hydrogen (secondary N) is 1. The van der Waals surface area contributed by atoms with Gasteiger partial charge in [-0.05, 0) is 20.4 Å². The van der Waals surface area contributed by atoms with Crippen molar-refractivity contribution in [3.63, 3.8) is 0 Å².